The molecule has 0 heterocycles. The van der Waals surface area contributed by atoms with Gasteiger partial charge >= 0.3 is 0 Å². The lowest BCUT2D eigenvalue weighted by Gasteiger charge is -1.95. The van der Waals surface area contributed by atoms with E-state index >= 15 is 0 Å². The summed E-state index contributed by atoms with van der Waals surface area (Å²) in [6.45, 7) is 2.07. The van der Waals surface area contributed by atoms with Crippen LogP contribution in [0, 0.1) is 6.92 Å². The van der Waals surface area contributed by atoms with Crippen molar-refractivity contribution in [2.24, 2.45) is 5.16 Å². The van der Waals surface area contributed by atoms with Crippen molar-refractivity contribution in [2.45, 2.75) is 25.9 Å². The second kappa shape index (κ2) is 3.60. The van der Waals surface area contributed by atoms with Gasteiger partial charge < -0.3 is 4.84 Å². The molecular weight excluding hydrogens is 162 g/mol. The van der Waals surface area contributed by atoms with Gasteiger partial charge in [0.1, 0.15) is 6.10 Å². The molecule has 0 amide bonds. The smallest absolute Gasteiger partial charge is 0.127 e. The van der Waals surface area contributed by atoms with Gasteiger partial charge in [-0.2, -0.15) is 0 Å². The van der Waals surface area contributed by atoms with E-state index in [9.17, 15) is 0 Å². The maximum atomic E-state index is 5.17. The maximum Gasteiger partial charge on any atom is 0.127 e. The van der Waals surface area contributed by atoms with Crippen molar-refractivity contribution in [3.63, 3.8) is 0 Å². The van der Waals surface area contributed by atoms with Crippen LogP contribution in [0.5, 0.6) is 0 Å². The van der Waals surface area contributed by atoms with Crippen LogP contribution in [0.1, 0.15) is 24.0 Å². The van der Waals surface area contributed by atoms with Crippen LogP contribution in [0.3, 0.4) is 0 Å². The SMILES string of the molecule is Cc1cccc(C=NOC2CC2)c1. The van der Waals surface area contributed by atoms with Crippen LogP contribution in [0.15, 0.2) is 29.4 Å². The quantitative estimate of drug-likeness (QED) is 0.511. The van der Waals surface area contributed by atoms with Gasteiger partial charge in [-0.1, -0.05) is 35.0 Å². The summed E-state index contributed by atoms with van der Waals surface area (Å²) in [6, 6.07) is 8.19. The van der Waals surface area contributed by atoms with Crippen LogP contribution in [0.25, 0.3) is 0 Å². The van der Waals surface area contributed by atoms with E-state index in [-0.39, 0.29) is 0 Å². The van der Waals surface area contributed by atoms with Crippen LogP contribution >= 0.6 is 0 Å². The Bertz CT molecular complexity index is 316. The highest BCUT2D eigenvalue weighted by Crippen LogP contribution is 2.23. The topological polar surface area (TPSA) is 21.6 Å². The van der Waals surface area contributed by atoms with Crippen molar-refractivity contribution >= 4 is 6.21 Å². The van der Waals surface area contributed by atoms with Crippen LogP contribution in [0.2, 0.25) is 0 Å². The Balaban J connectivity index is 1.95. The number of benzene rings is 1. The fourth-order valence-electron chi connectivity index (χ4n) is 1.10. The Kier molecular flexibility index (Phi) is 2.30. The Labute approximate surface area is 78.2 Å². The molecule has 1 aliphatic rings. The summed E-state index contributed by atoms with van der Waals surface area (Å²) in [5.74, 6) is 0. The number of oxime groups is 1. The first-order chi connectivity index (χ1) is 6.34. The number of nitrogens with zero attached hydrogens (tertiary/aromatic N) is 1. The van der Waals surface area contributed by atoms with E-state index in [2.05, 4.69) is 24.2 Å². The Morgan fingerprint density at radius 1 is 1.46 bits per heavy atom. The molecule has 0 aliphatic heterocycles. The van der Waals surface area contributed by atoms with Gasteiger partial charge in [0, 0.05) is 0 Å². The lowest BCUT2D eigenvalue weighted by Crippen LogP contribution is -1.87. The summed E-state index contributed by atoms with van der Waals surface area (Å²) >= 11 is 0. The zero-order chi connectivity index (χ0) is 9.10. The predicted octanol–water partition coefficient (Wildman–Crippen LogP) is 2.51. The fraction of sp³-hybridized carbons (Fsp3) is 0.364. The first kappa shape index (κ1) is 8.30. The van der Waals surface area contributed by atoms with Gasteiger partial charge in [-0.25, -0.2) is 0 Å². The molecule has 1 aromatic carbocycles. The summed E-state index contributed by atoms with van der Waals surface area (Å²) in [7, 11) is 0. The summed E-state index contributed by atoms with van der Waals surface area (Å²) in [4.78, 5) is 5.17. The molecule has 2 nitrogen and oxygen atoms in total. The van der Waals surface area contributed by atoms with Crippen molar-refractivity contribution in [2.75, 3.05) is 0 Å². The number of rotatable bonds is 3. The fourth-order valence-corrected chi connectivity index (χ4v) is 1.10. The highest BCUT2D eigenvalue weighted by Gasteiger charge is 2.23. The van der Waals surface area contributed by atoms with Gasteiger partial charge in [-0.3, -0.25) is 0 Å². The maximum absolute atomic E-state index is 5.17. The second-order valence-electron chi connectivity index (χ2n) is 3.45. The molecule has 0 radical (unpaired) electrons. The zero-order valence-corrected chi connectivity index (χ0v) is 7.73. The summed E-state index contributed by atoms with van der Waals surface area (Å²) in [5, 5.41) is 3.92. The molecule has 1 aliphatic carbocycles. The van der Waals surface area contributed by atoms with E-state index in [1.54, 1.807) is 6.21 Å². The number of hydrogen-bond donors (Lipinski definition) is 0. The van der Waals surface area contributed by atoms with Crippen molar-refractivity contribution in [3.05, 3.63) is 35.4 Å². The molecule has 0 unspecified atom stereocenters. The Morgan fingerprint density at radius 2 is 2.31 bits per heavy atom. The minimum atomic E-state index is 0.390. The average Bonchev–Trinajstić information content (AvgIpc) is 2.88. The molecule has 13 heavy (non-hydrogen) atoms. The van der Waals surface area contributed by atoms with Gasteiger partial charge in [0.2, 0.25) is 0 Å². The Hall–Kier alpha value is -1.31. The predicted molar refractivity (Wildman–Crippen MR) is 52.9 cm³/mol. The van der Waals surface area contributed by atoms with Gasteiger partial charge in [0.25, 0.3) is 0 Å². The van der Waals surface area contributed by atoms with E-state index in [1.807, 2.05) is 12.1 Å². The first-order valence-electron chi connectivity index (χ1n) is 4.60. The van der Waals surface area contributed by atoms with E-state index in [0.717, 1.165) is 18.4 Å². The Morgan fingerprint density at radius 3 is 3.00 bits per heavy atom. The van der Waals surface area contributed by atoms with Gasteiger partial charge in [-0.15, -0.1) is 0 Å². The molecule has 1 saturated carbocycles. The van der Waals surface area contributed by atoms with Crippen molar-refractivity contribution in [1.82, 2.24) is 0 Å². The minimum absolute atomic E-state index is 0.390. The van der Waals surface area contributed by atoms with E-state index in [4.69, 9.17) is 4.84 Å². The van der Waals surface area contributed by atoms with E-state index < -0.39 is 0 Å². The molecule has 1 aromatic rings. The van der Waals surface area contributed by atoms with Crippen molar-refractivity contribution in [3.8, 4) is 0 Å². The molecule has 2 rings (SSSR count). The molecule has 0 N–H and O–H groups in total. The number of aryl methyl sites for hydroxylation is 1. The van der Waals surface area contributed by atoms with E-state index in [1.165, 1.54) is 5.56 Å². The minimum Gasteiger partial charge on any atom is -0.392 e. The highest BCUT2D eigenvalue weighted by molar-refractivity contribution is 5.79. The standard InChI is InChI=1S/C11H13NO/c1-9-3-2-4-10(7-9)8-12-13-11-5-6-11/h2-4,7-8,11H,5-6H2,1H3. The lowest BCUT2D eigenvalue weighted by atomic mass is 10.2. The number of hydrogen-bond acceptors (Lipinski definition) is 2. The van der Waals surface area contributed by atoms with E-state index in [0.29, 0.717) is 6.10 Å². The van der Waals surface area contributed by atoms with Gasteiger partial charge in [0.05, 0.1) is 6.21 Å². The summed E-state index contributed by atoms with van der Waals surface area (Å²) in [5.41, 5.74) is 2.34. The summed E-state index contributed by atoms with van der Waals surface area (Å²) in [6.07, 6.45) is 4.47. The van der Waals surface area contributed by atoms with Crippen LogP contribution in [-0.2, 0) is 4.84 Å². The molecule has 0 spiro atoms. The molecule has 68 valence electrons. The first-order valence-corrected chi connectivity index (χ1v) is 4.60. The third kappa shape index (κ3) is 2.58. The average molecular weight is 175 g/mol. The monoisotopic (exact) mass is 175 g/mol. The molecule has 1 fully saturated rings. The summed E-state index contributed by atoms with van der Waals surface area (Å²) < 4.78 is 0. The third-order valence-electron chi connectivity index (χ3n) is 1.98. The van der Waals surface area contributed by atoms with Gasteiger partial charge in [-0.05, 0) is 25.3 Å². The molecule has 0 aromatic heterocycles. The van der Waals surface area contributed by atoms with Crippen LogP contribution in [0.4, 0.5) is 0 Å². The van der Waals surface area contributed by atoms with Crippen LogP contribution in [-0.4, -0.2) is 12.3 Å². The molecule has 0 bridgehead atoms. The molecular formula is C11H13NO. The molecule has 0 saturated heterocycles. The second-order valence-corrected chi connectivity index (χ2v) is 3.45. The molecule has 0 atom stereocenters. The molecule has 2 heteroatoms. The van der Waals surface area contributed by atoms with Crippen molar-refractivity contribution in [1.29, 1.82) is 0 Å². The third-order valence-corrected chi connectivity index (χ3v) is 1.98. The normalized spacial score (nSPS) is 16.4. The lowest BCUT2D eigenvalue weighted by molar-refractivity contribution is 0.131. The zero-order valence-electron chi connectivity index (χ0n) is 7.73. The van der Waals surface area contributed by atoms with Crippen LogP contribution < -0.4 is 0 Å². The van der Waals surface area contributed by atoms with Crippen molar-refractivity contribution < 1.29 is 4.84 Å². The largest absolute Gasteiger partial charge is 0.392 e. The van der Waals surface area contributed by atoms with Gasteiger partial charge in [0.15, 0.2) is 0 Å². The highest BCUT2D eigenvalue weighted by atomic mass is 16.6.